The molecule has 0 atom stereocenters. The zero-order valence-corrected chi connectivity index (χ0v) is 18.7. The topological polar surface area (TPSA) is 91.3 Å². The van der Waals surface area contributed by atoms with Crippen LogP contribution in [-0.4, -0.2) is 27.5 Å². The number of nitrogens with zero attached hydrogens (tertiary/aromatic N) is 3. The number of carbonyl (C=O) groups excluding carboxylic acids is 1. The minimum atomic E-state index is -0.799. The maximum Gasteiger partial charge on any atom is 0.295 e. The van der Waals surface area contributed by atoms with Crippen molar-refractivity contribution in [3.05, 3.63) is 82.4 Å². The van der Waals surface area contributed by atoms with Gasteiger partial charge >= 0.3 is 0 Å². The zero-order chi connectivity index (χ0) is 23.2. The van der Waals surface area contributed by atoms with Crippen LogP contribution in [0.1, 0.15) is 24.2 Å². The first-order valence-corrected chi connectivity index (χ1v) is 10.7. The predicted molar refractivity (Wildman–Crippen MR) is 124 cm³/mol. The van der Waals surface area contributed by atoms with Crippen molar-refractivity contribution >= 4 is 11.6 Å². The van der Waals surface area contributed by atoms with Gasteiger partial charge in [-0.05, 0) is 44.0 Å². The van der Waals surface area contributed by atoms with Crippen LogP contribution in [0.15, 0.2) is 70.0 Å². The highest BCUT2D eigenvalue weighted by molar-refractivity contribution is 6.01. The highest BCUT2D eigenvalue weighted by Gasteiger charge is 2.54. The number of methoxy groups -OCH3 is 1. The van der Waals surface area contributed by atoms with Crippen LogP contribution < -0.4 is 15.6 Å². The van der Waals surface area contributed by atoms with Crippen molar-refractivity contribution < 1.29 is 14.1 Å². The van der Waals surface area contributed by atoms with E-state index in [4.69, 9.17) is 9.26 Å². The summed E-state index contributed by atoms with van der Waals surface area (Å²) < 4.78 is 14.1. The van der Waals surface area contributed by atoms with Crippen molar-refractivity contribution in [2.45, 2.75) is 25.2 Å². The third kappa shape index (κ3) is 3.44. The lowest BCUT2D eigenvalue weighted by Gasteiger charge is -2.11. The number of rotatable bonds is 6. The van der Waals surface area contributed by atoms with Gasteiger partial charge in [-0.15, -0.1) is 0 Å². The third-order valence-corrected chi connectivity index (χ3v) is 6.33. The number of para-hydroxylation sites is 1. The second-order valence-electron chi connectivity index (χ2n) is 8.28. The minimum Gasteiger partial charge on any atom is -0.497 e. The predicted octanol–water partition coefficient (Wildman–Crippen LogP) is 3.82. The molecule has 0 aliphatic heterocycles. The largest absolute Gasteiger partial charge is 0.497 e. The molecule has 5 rings (SSSR count). The number of hydrogen-bond donors (Lipinski definition) is 1. The molecule has 0 radical (unpaired) electrons. The molecular weight excluding hydrogens is 420 g/mol. The van der Waals surface area contributed by atoms with Crippen LogP contribution in [0, 0.1) is 6.92 Å². The first-order valence-electron chi connectivity index (χ1n) is 10.7. The van der Waals surface area contributed by atoms with Gasteiger partial charge in [0, 0.05) is 18.7 Å². The maximum absolute atomic E-state index is 13.3. The monoisotopic (exact) mass is 444 g/mol. The summed E-state index contributed by atoms with van der Waals surface area (Å²) in [6, 6.07) is 18.6. The molecule has 1 N–H and O–H groups in total. The van der Waals surface area contributed by atoms with E-state index in [0.29, 0.717) is 35.7 Å². The molecule has 0 spiro atoms. The number of ether oxygens (including phenoxy) is 1. The van der Waals surface area contributed by atoms with Gasteiger partial charge in [0.25, 0.3) is 5.56 Å². The Balaban J connectivity index is 1.44. The summed E-state index contributed by atoms with van der Waals surface area (Å²) in [5.41, 5.74) is 1.98. The van der Waals surface area contributed by atoms with Crippen molar-refractivity contribution in [3.63, 3.8) is 0 Å². The molecule has 2 heterocycles. The second-order valence-corrected chi connectivity index (χ2v) is 8.28. The van der Waals surface area contributed by atoms with Gasteiger partial charge in [-0.3, -0.25) is 14.3 Å². The van der Waals surface area contributed by atoms with Crippen LogP contribution in [0.3, 0.4) is 0 Å². The molecule has 0 saturated heterocycles. The van der Waals surface area contributed by atoms with Crippen LogP contribution in [-0.2, 0) is 17.3 Å². The van der Waals surface area contributed by atoms with E-state index in [1.807, 2.05) is 61.5 Å². The molecule has 8 heteroatoms. The smallest absolute Gasteiger partial charge is 0.295 e. The highest BCUT2D eigenvalue weighted by atomic mass is 16.5. The number of anilines is 1. The molecule has 1 amide bonds. The summed E-state index contributed by atoms with van der Waals surface area (Å²) >= 11 is 0. The fraction of sp³-hybridized carbons (Fsp3) is 0.240. The minimum absolute atomic E-state index is 0.251. The van der Waals surface area contributed by atoms with E-state index in [1.54, 1.807) is 29.6 Å². The Labute approximate surface area is 190 Å². The highest BCUT2D eigenvalue weighted by Crippen LogP contribution is 2.49. The summed E-state index contributed by atoms with van der Waals surface area (Å²) in [4.78, 5) is 26.5. The number of nitrogens with one attached hydrogen (secondary N) is 1. The van der Waals surface area contributed by atoms with Crippen LogP contribution in [0.25, 0.3) is 17.0 Å². The number of hydrogen-bond acceptors (Lipinski definition) is 5. The molecule has 168 valence electrons. The molecule has 1 fully saturated rings. The maximum atomic E-state index is 13.3. The van der Waals surface area contributed by atoms with E-state index in [-0.39, 0.29) is 17.2 Å². The van der Waals surface area contributed by atoms with Crippen molar-refractivity contribution in [1.29, 1.82) is 0 Å². The lowest BCUT2D eigenvalue weighted by atomic mass is 10.00. The Hall–Kier alpha value is -4.07. The zero-order valence-electron chi connectivity index (χ0n) is 18.7. The Morgan fingerprint density at radius 1 is 1.12 bits per heavy atom. The SMILES string of the molecule is COc1cccc(-c2cc(C3(C(=O)Nc4c(C)n(C)n(-c5ccccc5)c4=O)CC3)no2)c1. The number of aromatic nitrogens is 3. The molecule has 2 aromatic carbocycles. The molecular formula is C25H24N4O4. The first kappa shape index (κ1) is 20.8. The van der Waals surface area contributed by atoms with Gasteiger partial charge in [-0.2, -0.15) is 0 Å². The van der Waals surface area contributed by atoms with Gasteiger partial charge < -0.3 is 14.6 Å². The van der Waals surface area contributed by atoms with Gasteiger partial charge in [0.05, 0.1) is 29.6 Å². The summed E-state index contributed by atoms with van der Waals surface area (Å²) in [6.07, 6.45) is 1.28. The van der Waals surface area contributed by atoms with Gasteiger partial charge in [-0.1, -0.05) is 35.5 Å². The molecule has 1 aliphatic carbocycles. The number of benzene rings is 2. The molecule has 8 nitrogen and oxygen atoms in total. The molecule has 4 aromatic rings. The lowest BCUT2D eigenvalue weighted by molar-refractivity contribution is -0.118. The van der Waals surface area contributed by atoms with Crippen molar-refractivity contribution in [2.75, 3.05) is 12.4 Å². The normalized spacial score (nSPS) is 14.2. The number of carbonyl (C=O) groups is 1. The average Bonchev–Trinajstić information content (AvgIpc) is 3.45. The standard InChI is InChI=1S/C25H24N4O4/c1-16-22(23(30)29(28(16)2)18-9-5-4-6-10-18)26-24(31)25(12-13-25)21-15-20(33-27-21)17-8-7-11-19(14-17)32-3/h4-11,14-15H,12-13H2,1-3H3,(H,26,31). The van der Waals surface area contributed by atoms with Crippen molar-refractivity contribution in [1.82, 2.24) is 14.5 Å². The summed E-state index contributed by atoms with van der Waals surface area (Å²) in [6.45, 7) is 1.81. The summed E-state index contributed by atoms with van der Waals surface area (Å²) in [7, 11) is 3.40. The van der Waals surface area contributed by atoms with Crippen LogP contribution in [0.5, 0.6) is 5.75 Å². The Kier molecular flexibility index (Phi) is 4.92. The average molecular weight is 444 g/mol. The van der Waals surface area contributed by atoms with E-state index >= 15 is 0 Å². The fourth-order valence-electron chi connectivity index (χ4n) is 4.08. The molecule has 33 heavy (non-hydrogen) atoms. The summed E-state index contributed by atoms with van der Waals surface area (Å²) in [5, 5.41) is 7.08. The second kappa shape index (κ2) is 7.81. The Morgan fingerprint density at radius 3 is 2.58 bits per heavy atom. The van der Waals surface area contributed by atoms with E-state index in [0.717, 1.165) is 11.3 Å². The Bertz CT molecular complexity index is 1390. The lowest BCUT2D eigenvalue weighted by Crippen LogP contribution is -2.31. The quantitative estimate of drug-likeness (QED) is 0.488. The Morgan fingerprint density at radius 2 is 1.88 bits per heavy atom. The van der Waals surface area contributed by atoms with Gasteiger partial charge in [0.1, 0.15) is 11.4 Å². The van der Waals surface area contributed by atoms with Crippen molar-refractivity contribution in [3.8, 4) is 22.8 Å². The van der Waals surface area contributed by atoms with Crippen LogP contribution in [0.2, 0.25) is 0 Å². The molecule has 0 bridgehead atoms. The van der Waals surface area contributed by atoms with Gasteiger partial charge in [0.15, 0.2) is 5.76 Å². The van der Waals surface area contributed by atoms with Crippen LogP contribution >= 0.6 is 0 Å². The molecule has 1 aliphatic rings. The fourth-order valence-corrected chi connectivity index (χ4v) is 4.08. The molecule has 2 aromatic heterocycles. The molecule has 0 unspecified atom stereocenters. The molecule has 1 saturated carbocycles. The first-order chi connectivity index (χ1) is 15.9. The van der Waals surface area contributed by atoms with E-state index in [1.165, 1.54) is 0 Å². The number of amides is 1. The van der Waals surface area contributed by atoms with E-state index < -0.39 is 5.41 Å². The van der Waals surface area contributed by atoms with Crippen molar-refractivity contribution in [2.24, 2.45) is 7.05 Å². The summed E-state index contributed by atoms with van der Waals surface area (Å²) in [5.74, 6) is 1.02. The van der Waals surface area contributed by atoms with Gasteiger partial charge in [0.2, 0.25) is 5.91 Å². The van der Waals surface area contributed by atoms with E-state index in [2.05, 4.69) is 10.5 Å². The third-order valence-electron chi connectivity index (χ3n) is 6.33. The van der Waals surface area contributed by atoms with Gasteiger partial charge in [-0.25, -0.2) is 4.68 Å². The van der Waals surface area contributed by atoms with E-state index in [9.17, 15) is 9.59 Å². The van der Waals surface area contributed by atoms with Crippen LogP contribution in [0.4, 0.5) is 5.69 Å².